The molecule has 4 rings (SSSR count). The van der Waals surface area contributed by atoms with Crippen molar-refractivity contribution in [3.8, 4) is 11.4 Å². The van der Waals surface area contributed by atoms with E-state index in [1.54, 1.807) is 43.3 Å². The molecular weight excluding hydrogens is 414 g/mol. The molecule has 0 saturated heterocycles. The minimum atomic E-state index is -3.27. The van der Waals surface area contributed by atoms with Gasteiger partial charge in [-0.3, -0.25) is 4.79 Å². The van der Waals surface area contributed by atoms with Gasteiger partial charge in [-0.25, -0.2) is 13.1 Å². The van der Waals surface area contributed by atoms with E-state index in [9.17, 15) is 13.2 Å². The number of carbonyl (C=O) groups excluding carboxylic acids is 1. The quantitative estimate of drug-likeness (QED) is 0.669. The summed E-state index contributed by atoms with van der Waals surface area (Å²) >= 11 is 5.96. The minimum absolute atomic E-state index is 0.151. The fourth-order valence-electron chi connectivity index (χ4n) is 3.12. The topological polar surface area (TPSA) is 90.3 Å². The number of nitrogens with zero attached hydrogens (tertiary/aromatic N) is 2. The van der Waals surface area contributed by atoms with E-state index < -0.39 is 21.8 Å². The van der Waals surface area contributed by atoms with Crippen molar-refractivity contribution >= 4 is 33.2 Å². The molecule has 0 aliphatic carbocycles. The van der Waals surface area contributed by atoms with Gasteiger partial charge in [0, 0.05) is 10.6 Å². The number of sulfone groups is 1. The zero-order valence-electron chi connectivity index (χ0n) is 15.5. The number of benzene rings is 2. The number of nitrogens with one attached hydrogen (secondary N) is 1. The molecule has 1 atom stereocenters. The molecule has 0 radical (unpaired) electrons. The first-order chi connectivity index (χ1) is 13.8. The normalized spacial score (nSPS) is 15.5. The minimum Gasteiger partial charge on any atom is -0.481 e. The fourth-order valence-corrected chi connectivity index (χ4v) is 4.73. The highest BCUT2D eigenvalue weighted by Gasteiger charge is 2.33. The number of amides is 1. The van der Waals surface area contributed by atoms with Gasteiger partial charge in [0.15, 0.2) is 15.9 Å². The molecule has 0 bridgehead atoms. The molecule has 1 aliphatic heterocycles. The van der Waals surface area contributed by atoms with Crippen molar-refractivity contribution in [1.82, 2.24) is 9.78 Å². The summed E-state index contributed by atoms with van der Waals surface area (Å²) in [5.74, 6) is 0.170. The summed E-state index contributed by atoms with van der Waals surface area (Å²) in [7, 11) is -3.27. The number of anilines is 1. The lowest BCUT2D eigenvalue weighted by Crippen LogP contribution is -2.31. The zero-order chi connectivity index (χ0) is 20.6. The third-order valence-electron chi connectivity index (χ3n) is 4.53. The van der Waals surface area contributed by atoms with Crippen molar-refractivity contribution in [3.05, 3.63) is 70.9 Å². The maximum atomic E-state index is 12.8. The predicted molar refractivity (Wildman–Crippen MR) is 110 cm³/mol. The van der Waals surface area contributed by atoms with Crippen LogP contribution in [0, 0.1) is 0 Å². The SMILES string of the molecule is CC(Oc1ccccc1)C(=O)Nc1c2c(nn1-c1ccc(Cl)cc1)CS(=O)(=O)C2. The van der Waals surface area contributed by atoms with E-state index in [4.69, 9.17) is 16.3 Å². The highest BCUT2D eigenvalue weighted by molar-refractivity contribution is 7.90. The molecule has 0 saturated carbocycles. The van der Waals surface area contributed by atoms with E-state index in [-0.39, 0.29) is 11.5 Å². The van der Waals surface area contributed by atoms with E-state index in [1.807, 2.05) is 18.2 Å². The molecule has 1 aliphatic rings. The van der Waals surface area contributed by atoms with Gasteiger partial charge in [0.1, 0.15) is 11.6 Å². The number of aromatic nitrogens is 2. The van der Waals surface area contributed by atoms with Gasteiger partial charge in [0.05, 0.1) is 22.9 Å². The van der Waals surface area contributed by atoms with Crippen molar-refractivity contribution in [1.29, 1.82) is 0 Å². The van der Waals surface area contributed by atoms with Gasteiger partial charge < -0.3 is 10.1 Å². The third kappa shape index (κ3) is 4.13. The van der Waals surface area contributed by atoms with Crippen LogP contribution in [0.15, 0.2) is 54.6 Å². The van der Waals surface area contributed by atoms with Gasteiger partial charge in [0.25, 0.3) is 5.91 Å². The van der Waals surface area contributed by atoms with Crippen LogP contribution in [0.4, 0.5) is 5.82 Å². The molecule has 150 valence electrons. The van der Waals surface area contributed by atoms with Crippen molar-refractivity contribution in [2.75, 3.05) is 5.32 Å². The van der Waals surface area contributed by atoms with Gasteiger partial charge in [-0.2, -0.15) is 5.10 Å². The van der Waals surface area contributed by atoms with Gasteiger partial charge in [-0.05, 0) is 43.3 Å². The molecule has 7 nitrogen and oxygen atoms in total. The molecule has 29 heavy (non-hydrogen) atoms. The standard InChI is InChI=1S/C20H18ClN3O4S/c1-13(28-16-5-3-2-4-6-16)20(25)22-19-17-11-29(26,27)12-18(17)23-24(19)15-9-7-14(21)8-10-15/h2-10,13H,11-12H2,1H3,(H,22,25). The van der Waals surface area contributed by atoms with Crippen LogP contribution in [-0.4, -0.2) is 30.2 Å². The number of rotatable bonds is 5. The largest absolute Gasteiger partial charge is 0.481 e. The summed E-state index contributed by atoms with van der Waals surface area (Å²) in [5, 5.41) is 7.78. The van der Waals surface area contributed by atoms with E-state index in [1.165, 1.54) is 4.68 Å². The van der Waals surface area contributed by atoms with E-state index in [0.29, 0.717) is 33.5 Å². The van der Waals surface area contributed by atoms with Crippen molar-refractivity contribution in [2.24, 2.45) is 0 Å². The second kappa shape index (κ2) is 7.53. The number of hydrogen-bond acceptors (Lipinski definition) is 5. The van der Waals surface area contributed by atoms with Crippen LogP contribution in [-0.2, 0) is 26.1 Å². The first-order valence-corrected chi connectivity index (χ1v) is 11.1. The molecule has 0 fully saturated rings. The number of ether oxygens (including phenoxy) is 1. The van der Waals surface area contributed by atoms with Crippen LogP contribution in [0.5, 0.6) is 5.75 Å². The third-order valence-corrected chi connectivity index (χ3v) is 6.22. The van der Waals surface area contributed by atoms with Gasteiger partial charge >= 0.3 is 0 Å². The van der Waals surface area contributed by atoms with Crippen molar-refractivity contribution in [2.45, 2.75) is 24.5 Å². The lowest BCUT2D eigenvalue weighted by molar-refractivity contribution is -0.122. The number of carbonyl (C=O) groups is 1. The van der Waals surface area contributed by atoms with E-state index in [2.05, 4.69) is 10.4 Å². The number of hydrogen-bond donors (Lipinski definition) is 1. The smallest absolute Gasteiger partial charge is 0.266 e. The number of halogens is 1. The molecule has 1 amide bonds. The van der Waals surface area contributed by atoms with Crippen molar-refractivity contribution in [3.63, 3.8) is 0 Å². The van der Waals surface area contributed by atoms with E-state index >= 15 is 0 Å². The Morgan fingerprint density at radius 3 is 2.52 bits per heavy atom. The maximum Gasteiger partial charge on any atom is 0.266 e. The molecule has 0 spiro atoms. The molecule has 1 aromatic heterocycles. The van der Waals surface area contributed by atoms with Crippen molar-refractivity contribution < 1.29 is 17.9 Å². The number of para-hydroxylation sites is 1. The number of fused-ring (bicyclic) bond motifs is 1. The zero-order valence-corrected chi connectivity index (χ0v) is 17.1. The molecule has 2 aromatic carbocycles. The lowest BCUT2D eigenvalue weighted by atomic mass is 10.2. The highest BCUT2D eigenvalue weighted by atomic mass is 35.5. The molecular formula is C20H18ClN3O4S. The Balaban J connectivity index is 1.65. The van der Waals surface area contributed by atoms with Gasteiger partial charge in [-0.15, -0.1) is 0 Å². The Kier molecular flexibility index (Phi) is 5.06. The first-order valence-electron chi connectivity index (χ1n) is 8.92. The Hall–Kier alpha value is -2.84. The second-order valence-corrected chi connectivity index (χ2v) is 9.26. The molecule has 1 N–H and O–H groups in total. The summed E-state index contributed by atoms with van der Waals surface area (Å²) in [6.45, 7) is 1.63. The summed E-state index contributed by atoms with van der Waals surface area (Å²) in [4.78, 5) is 12.8. The Bertz CT molecular complexity index is 1160. The summed E-state index contributed by atoms with van der Waals surface area (Å²) in [5.41, 5.74) is 1.60. The Labute approximate surface area is 173 Å². The van der Waals surface area contributed by atoms with Crippen LogP contribution in [0.3, 0.4) is 0 Å². The van der Waals surface area contributed by atoms with Crippen LogP contribution in [0.1, 0.15) is 18.2 Å². The molecule has 2 heterocycles. The van der Waals surface area contributed by atoms with E-state index in [0.717, 1.165) is 0 Å². The van der Waals surface area contributed by atoms with Gasteiger partial charge in [-0.1, -0.05) is 29.8 Å². The average molecular weight is 432 g/mol. The lowest BCUT2D eigenvalue weighted by Gasteiger charge is -2.16. The predicted octanol–water partition coefficient (Wildman–Crippen LogP) is 3.36. The monoisotopic (exact) mass is 431 g/mol. The Morgan fingerprint density at radius 2 is 1.83 bits per heavy atom. The second-order valence-electron chi connectivity index (χ2n) is 6.76. The summed E-state index contributed by atoms with van der Waals surface area (Å²) < 4.78 is 31.3. The average Bonchev–Trinajstić information content (AvgIpc) is 3.15. The van der Waals surface area contributed by atoms with Crippen LogP contribution >= 0.6 is 11.6 Å². The molecule has 3 aromatic rings. The highest BCUT2D eigenvalue weighted by Crippen LogP contribution is 2.33. The first kappa shape index (κ1) is 19.5. The maximum absolute atomic E-state index is 12.8. The van der Waals surface area contributed by atoms with Gasteiger partial charge in [0.2, 0.25) is 0 Å². The van der Waals surface area contributed by atoms with Crippen LogP contribution in [0.2, 0.25) is 5.02 Å². The van der Waals surface area contributed by atoms with Crippen LogP contribution < -0.4 is 10.1 Å². The molecule has 9 heteroatoms. The molecule has 1 unspecified atom stereocenters. The summed E-state index contributed by atoms with van der Waals surface area (Å²) in [6.07, 6.45) is -0.792. The summed E-state index contributed by atoms with van der Waals surface area (Å²) in [6, 6.07) is 15.9. The fraction of sp³-hybridized carbons (Fsp3) is 0.200. The van der Waals surface area contributed by atoms with Crippen LogP contribution in [0.25, 0.3) is 5.69 Å². The Morgan fingerprint density at radius 1 is 1.14 bits per heavy atom.